The first-order valence-corrected chi connectivity index (χ1v) is 5.33. The second-order valence-electron chi connectivity index (χ2n) is 2.67. The zero-order chi connectivity index (χ0) is 7.94. The maximum atomic E-state index is 4.30. The van der Waals surface area contributed by atoms with Crippen LogP contribution in [0.4, 0.5) is 0 Å². The maximum Gasteiger partial charge on any atom is 0.156 e. The van der Waals surface area contributed by atoms with Gasteiger partial charge in [-0.3, -0.25) is 4.99 Å². The first-order valence-electron chi connectivity index (χ1n) is 4.34. The standard InChI is InChI=1S/C8H16N2S.HI/c1-2-3-4-7-11-8-9-5-6-10-8;/h2-7H2,1H3,(H,9,10);1H/p-1. The van der Waals surface area contributed by atoms with Crippen molar-refractivity contribution in [3.8, 4) is 0 Å². The van der Waals surface area contributed by atoms with Crippen LogP contribution in [-0.4, -0.2) is 24.0 Å². The number of amidine groups is 1. The third kappa shape index (κ3) is 5.24. The second-order valence-corrected chi connectivity index (χ2v) is 3.75. The summed E-state index contributed by atoms with van der Waals surface area (Å²) in [5.74, 6) is 1.22. The number of thioether (sulfide) groups is 1. The summed E-state index contributed by atoms with van der Waals surface area (Å²) in [6, 6.07) is 0. The number of nitrogens with one attached hydrogen (secondary N) is 1. The molecule has 0 aromatic heterocycles. The minimum atomic E-state index is 0. The van der Waals surface area contributed by atoms with E-state index < -0.39 is 0 Å². The van der Waals surface area contributed by atoms with Crippen LogP contribution in [0.25, 0.3) is 0 Å². The Balaban J connectivity index is 0.00000121. The van der Waals surface area contributed by atoms with Gasteiger partial charge in [0.05, 0.1) is 6.54 Å². The molecule has 72 valence electrons. The average molecular weight is 299 g/mol. The lowest BCUT2D eigenvalue weighted by molar-refractivity contribution is -0.00000238. The fourth-order valence-electron chi connectivity index (χ4n) is 0.994. The van der Waals surface area contributed by atoms with Crippen LogP contribution in [0.15, 0.2) is 4.99 Å². The Morgan fingerprint density at radius 2 is 2.33 bits per heavy atom. The molecular weight excluding hydrogens is 283 g/mol. The van der Waals surface area contributed by atoms with Crippen molar-refractivity contribution in [2.75, 3.05) is 18.8 Å². The van der Waals surface area contributed by atoms with Gasteiger partial charge in [-0.05, 0) is 6.42 Å². The van der Waals surface area contributed by atoms with Gasteiger partial charge in [-0.1, -0.05) is 31.5 Å². The third-order valence-corrected chi connectivity index (χ3v) is 2.67. The Labute approximate surface area is 96.0 Å². The van der Waals surface area contributed by atoms with E-state index in [0.29, 0.717) is 0 Å². The largest absolute Gasteiger partial charge is 1.00 e. The topological polar surface area (TPSA) is 24.4 Å². The van der Waals surface area contributed by atoms with Gasteiger partial charge < -0.3 is 29.3 Å². The summed E-state index contributed by atoms with van der Waals surface area (Å²) in [6.45, 7) is 4.24. The minimum absolute atomic E-state index is 0. The van der Waals surface area contributed by atoms with Crippen LogP contribution in [-0.2, 0) is 0 Å². The molecule has 0 bridgehead atoms. The molecule has 1 aliphatic rings. The van der Waals surface area contributed by atoms with E-state index >= 15 is 0 Å². The normalized spacial score (nSPS) is 14.9. The number of hydrogen-bond donors (Lipinski definition) is 1. The van der Waals surface area contributed by atoms with Crippen LogP contribution in [0.3, 0.4) is 0 Å². The Kier molecular flexibility index (Phi) is 8.54. The van der Waals surface area contributed by atoms with Gasteiger partial charge in [-0.25, -0.2) is 0 Å². The SMILES string of the molecule is CCCCCSC1=NCCN1.[I-]. The third-order valence-electron chi connectivity index (χ3n) is 1.63. The molecule has 12 heavy (non-hydrogen) atoms. The molecular formula is C8H16IN2S-. The maximum absolute atomic E-state index is 4.30. The van der Waals surface area contributed by atoms with Crippen LogP contribution in [0.1, 0.15) is 26.2 Å². The van der Waals surface area contributed by atoms with E-state index in [4.69, 9.17) is 0 Å². The van der Waals surface area contributed by atoms with Crippen LogP contribution in [0, 0.1) is 0 Å². The first-order chi connectivity index (χ1) is 5.43. The number of rotatable bonds is 4. The van der Waals surface area contributed by atoms with Crippen LogP contribution < -0.4 is 29.3 Å². The summed E-state index contributed by atoms with van der Waals surface area (Å²) in [4.78, 5) is 4.30. The lowest BCUT2D eigenvalue weighted by Gasteiger charge is -1.99. The van der Waals surface area contributed by atoms with Crippen molar-refractivity contribution in [3.05, 3.63) is 0 Å². The summed E-state index contributed by atoms with van der Waals surface area (Å²) < 4.78 is 0. The fourth-order valence-corrected chi connectivity index (χ4v) is 1.92. The van der Waals surface area contributed by atoms with Crippen molar-refractivity contribution < 1.29 is 24.0 Å². The van der Waals surface area contributed by atoms with E-state index in [0.717, 1.165) is 18.3 Å². The minimum Gasteiger partial charge on any atom is -1.00 e. The molecule has 1 aliphatic heterocycles. The van der Waals surface area contributed by atoms with Crippen molar-refractivity contribution >= 4 is 16.9 Å². The van der Waals surface area contributed by atoms with Gasteiger partial charge >= 0.3 is 0 Å². The van der Waals surface area contributed by atoms with Gasteiger partial charge in [0.2, 0.25) is 0 Å². The Morgan fingerprint density at radius 3 is 2.92 bits per heavy atom. The molecule has 0 saturated heterocycles. The number of hydrogen-bond acceptors (Lipinski definition) is 3. The van der Waals surface area contributed by atoms with Gasteiger partial charge in [0.15, 0.2) is 5.17 Å². The molecule has 0 atom stereocenters. The molecule has 0 aromatic carbocycles. The molecule has 2 nitrogen and oxygen atoms in total. The molecule has 0 unspecified atom stereocenters. The lowest BCUT2D eigenvalue weighted by Crippen LogP contribution is -3.00. The summed E-state index contributed by atoms with van der Waals surface area (Å²) in [6.07, 6.45) is 3.97. The molecule has 0 aromatic rings. The summed E-state index contributed by atoms with van der Waals surface area (Å²) in [5, 5.41) is 4.40. The van der Waals surface area contributed by atoms with E-state index in [-0.39, 0.29) is 24.0 Å². The summed E-state index contributed by atoms with van der Waals surface area (Å²) in [5.41, 5.74) is 0. The highest BCUT2D eigenvalue weighted by Gasteiger charge is 2.03. The predicted molar refractivity (Wildman–Crippen MR) is 52.3 cm³/mol. The molecule has 4 heteroatoms. The highest BCUT2D eigenvalue weighted by molar-refractivity contribution is 8.13. The monoisotopic (exact) mass is 299 g/mol. The summed E-state index contributed by atoms with van der Waals surface area (Å²) in [7, 11) is 0. The molecule has 0 fully saturated rings. The molecule has 0 radical (unpaired) electrons. The molecule has 0 spiro atoms. The first kappa shape index (κ1) is 12.6. The smallest absolute Gasteiger partial charge is 0.156 e. The quantitative estimate of drug-likeness (QED) is 0.525. The van der Waals surface area contributed by atoms with E-state index in [1.54, 1.807) is 0 Å². The summed E-state index contributed by atoms with van der Waals surface area (Å²) >= 11 is 1.86. The second kappa shape index (κ2) is 8.16. The molecule has 1 rings (SSSR count). The lowest BCUT2D eigenvalue weighted by atomic mass is 10.3. The van der Waals surface area contributed by atoms with Crippen molar-refractivity contribution in [1.29, 1.82) is 0 Å². The zero-order valence-corrected chi connectivity index (χ0v) is 10.5. The van der Waals surface area contributed by atoms with Crippen LogP contribution in [0.5, 0.6) is 0 Å². The van der Waals surface area contributed by atoms with E-state index in [1.165, 1.54) is 25.0 Å². The van der Waals surface area contributed by atoms with E-state index in [9.17, 15) is 0 Å². The van der Waals surface area contributed by atoms with Crippen molar-refractivity contribution in [2.45, 2.75) is 26.2 Å². The Morgan fingerprint density at radius 1 is 1.50 bits per heavy atom. The van der Waals surface area contributed by atoms with Crippen LogP contribution in [0.2, 0.25) is 0 Å². The molecule has 0 aliphatic carbocycles. The highest BCUT2D eigenvalue weighted by Crippen LogP contribution is 2.08. The fraction of sp³-hybridized carbons (Fsp3) is 0.875. The van der Waals surface area contributed by atoms with Crippen molar-refractivity contribution in [2.24, 2.45) is 4.99 Å². The Hall–Kier alpha value is 0.550. The van der Waals surface area contributed by atoms with E-state index in [1.807, 2.05) is 11.8 Å². The van der Waals surface area contributed by atoms with Crippen LogP contribution >= 0.6 is 11.8 Å². The average Bonchev–Trinajstić information content (AvgIpc) is 2.50. The van der Waals surface area contributed by atoms with Gasteiger partial charge in [0.25, 0.3) is 0 Å². The molecule has 1 N–H and O–H groups in total. The zero-order valence-electron chi connectivity index (χ0n) is 7.48. The molecule has 0 saturated carbocycles. The van der Waals surface area contributed by atoms with Gasteiger partial charge in [0.1, 0.15) is 0 Å². The van der Waals surface area contributed by atoms with E-state index in [2.05, 4.69) is 17.2 Å². The predicted octanol–water partition coefficient (Wildman–Crippen LogP) is -1.13. The van der Waals surface area contributed by atoms with Crippen molar-refractivity contribution in [1.82, 2.24) is 5.32 Å². The van der Waals surface area contributed by atoms with Crippen molar-refractivity contribution in [3.63, 3.8) is 0 Å². The Bertz CT molecular complexity index is 139. The molecule has 0 amide bonds. The van der Waals surface area contributed by atoms with Gasteiger partial charge in [0, 0.05) is 12.3 Å². The van der Waals surface area contributed by atoms with Gasteiger partial charge in [-0.2, -0.15) is 0 Å². The number of aliphatic imine (C=N–C) groups is 1. The number of nitrogens with zero attached hydrogens (tertiary/aromatic N) is 1. The number of unbranched alkanes of at least 4 members (excludes halogenated alkanes) is 2. The highest BCUT2D eigenvalue weighted by atomic mass is 127. The van der Waals surface area contributed by atoms with Gasteiger partial charge in [-0.15, -0.1) is 0 Å². The molecule has 1 heterocycles. The number of halogens is 1.